The Morgan fingerprint density at radius 1 is 1.53 bits per heavy atom. The number of unbranched alkanes of at least 4 members (excludes halogenated alkanes) is 1. The van der Waals surface area contributed by atoms with E-state index in [2.05, 4.69) is 11.2 Å². The second-order valence-corrected chi connectivity index (χ2v) is 5.24. The summed E-state index contributed by atoms with van der Waals surface area (Å²) in [6.45, 7) is 3.47. The van der Waals surface area contributed by atoms with Crippen LogP contribution in [0.4, 0.5) is 4.79 Å². The molecule has 0 bridgehead atoms. The van der Waals surface area contributed by atoms with E-state index in [1.807, 2.05) is 0 Å². The van der Waals surface area contributed by atoms with Crippen LogP contribution < -0.4 is 5.32 Å². The van der Waals surface area contributed by atoms with E-state index < -0.39 is 18.1 Å². The van der Waals surface area contributed by atoms with Gasteiger partial charge in [-0.05, 0) is 31.1 Å². The third kappa shape index (κ3) is 5.21. The molecule has 0 aliphatic heterocycles. The molecule has 1 aliphatic carbocycles. The average Bonchev–Trinajstić information content (AvgIpc) is 3.04. The minimum absolute atomic E-state index is 0.0839. The van der Waals surface area contributed by atoms with E-state index >= 15 is 0 Å². The average molecular weight is 267 g/mol. The number of hydrogen-bond acceptors (Lipinski definition) is 3. The van der Waals surface area contributed by atoms with Crippen molar-refractivity contribution in [2.45, 2.75) is 51.7 Å². The summed E-state index contributed by atoms with van der Waals surface area (Å²) in [6, 6.07) is -0.911. The van der Waals surface area contributed by atoms with Crippen LogP contribution in [-0.2, 0) is 9.53 Å². The molecule has 0 spiro atoms. The lowest BCUT2D eigenvalue weighted by Crippen LogP contribution is -2.44. The maximum absolute atomic E-state index is 11.6. The number of nitrogens with one attached hydrogen (secondary N) is 1. The molecule has 1 amide bonds. The standard InChI is InChI=1S/C14H21NO4/c1-4-5-6-7-10-8-11(10)19-14(18)15-12(9(2)3)13(16)17/h1,9-12H,5-8H2,2-3H3,(H,15,18)(H,16,17). The number of aliphatic carboxylic acids is 1. The zero-order valence-corrected chi connectivity index (χ0v) is 11.4. The molecule has 106 valence electrons. The first-order valence-electron chi connectivity index (χ1n) is 6.59. The molecule has 0 heterocycles. The zero-order chi connectivity index (χ0) is 14.4. The third-order valence-electron chi connectivity index (χ3n) is 3.22. The van der Waals surface area contributed by atoms with Gasteiger partial charge in [-0.15, -0.1) is 12.3 Å². The quantitative estimate of drug-likeness (QED) is 0.546. The van der Waals surface area contributed by atoms with Gasteiger partial charge >= 0.3 is 12.1 Å². The van der Waals surface area contributed by atoms with Crippen LogP contribution in [0.3, 0.4) is 0 Å². The Kier molecular flexibility index (Phi) is 5.68. The lowest BCUT2D eigenvalue weighted by atomic mass is 10.1. The molecule has 1 aliphatic rings. The van der Waals surface area contributed by atoms with E-state index in [-0.39, 0.29) is 12.0 Å². The van der Waals surface area contributed by atoms with Crippen LogP contribution >= 0.6 is 0 Å². The summed E-state index contributed by atoms with van der Waals surface area (Å²) in [5, 5.41) is 11.3. The summed E-state index contributed by atoms with van der Waals surface area (Å²) in [6.07, 6.45) is 7.90. The van der Waals surface area contributed by atoms with E-state index in [4.69, 9.17) is 16.3 Å². The Hall–Kier alpha value is -1.70. The molecule has 2 N–H and O–H groups in total. The number of carbonyl (C=O) groups excluding carboxylic acids is 1. The Morgan fingerprint density at radius 2 is 2.21 bits per heavy atom. The summed E-state index contributed by atoms with van der Waals surface area (Å²) in [5.41, 5.74) is 0. The molecule has 0 saturated heterocycles. The van der Waals surface area contributed by atoms with E-state index in [1.54, 1.807) is 13.8 Å². The number of terminal acetylenes is 1. The van der Waals surface area contributed by atoms with Crippen LogP contribution in [0.25, 0.3) is 0 Å². The van der Waals surface area contributed by atoms with Gasteiger partial charge in [0.2, 0.25) is 0 Å². The molecule has 1 saturated carbocycles. The highest BCUT2D eigenvalue weighted by Crippen LogP contribution is 2.38. The summed E-state index contributed by atoms with van der Waals surface area (Å²) < 4.78 is 5.17. The number of carboxylic acids is 1. The minimum atomic E-state index is -1.05. The van der Waals surface area contributed by atoms with E-state index in [1.165, 1.54) is 0 Å². The second kappa shape index (κ2) is 7.03. The van der Waals surface area contributed by atoms with Crippen molar-refractivity contribution in [1.29, 1.82) is 0 Å². The second-order valence-electron chi connectivity index (χ2n) is 5.24. The summed E-state index contributed by atoms with van der Waals surface area (Å²) >= 11 is 0. The molecule has 1 fully saturated rings. The smallest absolute Gasteiger partial charge is 0.408 e. The molecule has 0 aromatic carbocycles. The number of amides is 1. The summed E-state index contributed by atoms with van der Waals surface area (Å²) in [4.78, 5) is 22.5. The van der Waals surface area contributed by atoms with Gasteiger partial charge in [-0.3, -0.25) is 0 Å². The van der Waals surface area contributed by atoms with Crippen molar-refractivity contribution in [3.8, 4) is 12.3 Å². The fraction of sp³-hybridized carbons (Fsp3) is 0.714. The molecule has 3 unspecified atom stereocenters. The van der Waals surface area contributed by atoms with Gasteiger partial charge in [0, 0.05) is 6.42 Å². The van der Waals surface area contributed by atoms with Gasteiger partial charge in [0.15, 0.2) is 0 Å². The van der Waals surface area contributed by atoms with Crippen LogP contribution in [0.2, 0.25) is 0 Å². The highest BCUT2D eigenvalue weighted by Gasteiger charge is 2.40. The molecule has 5 heteroatoms. The van der Waals surface area contributed by atoms with E-state index in [9.17, 15) is 9.59 Å². The van der Waals surface area contributed by atoms with Crippen molar-refractivity contribution in [3.05, 3.63) is 0 Å². The predicted molar refractivity (Wildman–Crippen MR) is 70.5 cm³/mol. The van der Waals surface area contributed by atoms with Crippen molar-refractivity contribution in [3.63, 3.8) is 0 Å². The van der Waals surface area contributed by atoms with E-state index in [0.29, 0.717) is 5.92 Å². The molecule has 5 nitrogen and oxygen atoms in total. The Balaban J connectivity index is 2.26. The third-order valence-corrected chi connectivity index (χ3v) is 3.22. The van der Waals surface area contributed by atoms with E-state index in [0.717, 1.165) is 25.7 Å². The SMILES string of the molecule is C#CCCCC1CC1OC(=O)NC(C(=O)O)C(C)C. The molecular weight excluding hydrogens is 246 g/mol. The largest absolute Gasteiger partial charge is 0.480 e. The van der Waals surface area contributed by atoms with Gasteiger partial charge in [-0.25, -0.2) is 9.59 Å². The van der Waals surface area contributed by atoms with Gasteiger partial charge in [0.05, 0.1) is 0 Å². The van der Waals surface area contributed by atoms with Crippen LogP contribution in [0.15, 0.2) is 0 Å². The lowest BCUT2D eigenvalue weighted by Gasteiger charge is -2.17. The van der Waals surface area contributed by atoms with Crippen molar-refractivity contribution in [1.82, 2.24) is 5.32 Å². The fourth-order valence-corrected chi connectivity index (χ4v) is 1.95. The number of carbonyl (C=O) groups is 2. The monoisotopic (exact) mass is 267 g/mol. The Morgan fingerprint density at radius 3 is 2.74 bits per heavy atom. The fourth-order valence-electron chi connectivity index (χ4n) is 1.95. The number of ether oxygens (including phenoxy) is 1. The van der Waals surface area contributed by atoms with Gasteiger partial charge in [-0.1, -0.05) is 13.8 Å². The lowest BCUT2D eigenvalue weighted by molar-refractivity contribution is -0.140. The van der Waals surface area contributed by atoms with Crippen LogP contribution in [0.5, 0.6) is 0 Å². The number of carboxylic acid groups (broad SMARTS) is 1. The first-order valence-corrected chi connectivity index (χ1v) is 6.59. The maximum Gasteiger partial charge on any atom is 0.408 e. The number of rotatable bonds is 7. The first kappa shape index (κ1) is 15.4. The van der Waals surface area contributed by atoms with Crippen LogP contribution in [-0.4, -0.2) is 29.3 Å². The Labute approximate surface area is 113 Å². The molecule has 1 rings (SSSR count). The minimum Gasteiger partial charge on any atom is -0.480 e. The normalized spacial score (nSPS) is 22.4. The van der Waals surface area contributed by atoms with Crippen molar-refractivity contribution in [2.24, 2.45) is 11.8 Å². The molecule has 19 heavy (non-hydrogen) atoms. The Bertz CT molecular complexity index is 372. The van der Waals surface area contributed by atoms with Crippen molar-refractivity contribution >= 4 is 12.1 Å². The highest BCUT2D eigenvalue weighted by molar-refractivity contribution is 5.80. The molecule has 0 radical (unpaired) electrons. The number of alkyl carbamates (subject to hydrolysis) is 1. The highest BCUT2D eigenvalue weighted by atomic mass is 16.6. The topological polar surface area (TPSA) is 75.6 Å². The van der Waals surface area contributed by atoms with Crippen molar-refractivity contribution in [2.75, 3.05) is 0 Å². The first-order chi connectivity index (χ1) is 8.95. The molecule has 0 aromatic rings. The number of hydrogen-bond donors (Lipinski definition) is 2. The van der Waals surface area contributed by atoms with Crippen molar-refractivity contribution < 1.29 is 19.4 Å². The molecule has 0 aromatic heterocycles. The predicted octanol–water partition coefficient (Wildman–Crippen LogP) is 2.01. The zero-order valence-electron chi connectivity index (χ0n) is 11.4. The summed E-state index contributed by atoms with van der Waals surface area (Å²) in [7, 11) is 0. The van der Waals surface area contributed by atoms with Gasteiger partial charge in [0.1, 0.15) is 12.1 Å². The molecular formula is C14H21NO4. The van der Waals surface area contributed by atoms with Gasteiger partial charge in [-0.2, -0.15) is 0 Å². The molecule has 3 atom stereocenters. The maximum atomic E-state index is 11.6. The van der Waals surface area contributed by atoms with Gasteiger partial charge < -0.3 is 15.2 Å². The van der Waals surface area contributed by atoms with Crippen LogP contribution in [0, 0.1) is 24.2 Å². The summed E-state index contributed by atoms with van der Waals surface area (Å²) in [5.74, 6) is 1.72. The van der Waals surface area contributed by atoms with Crippen LogP contribution in [0.1, 0.15) is 39.5 Å². The van der Waals surface area contributed by atoms with Gasteiger partial charge in [0.25, 0.3) is 0 Å².